The number of aromatic amines is 2. The number of aromatic nitrogens is 4. The van der Waals surface area contributed by atoms with E-state index in [9.17, 15) is 0 Å². The van der Waals surface area contributed by atoms with Gasteiger partial charge < -0.3 is 20.0 Å². The molecule has 0 bridgehead atoms. The third-order valence-corrected chi connectivity index (χ3v) is 6.89. The van der Waals surface area contributed by atoms with E-state index in [-0.39, 0.29) is 0 Å². The number of hydrogen-bond donors (Lipinski definition) is 3. The molecule has 4 aromatic rings. The minimum absolute atomic E-state index is 0.348. The Bertz CT molecular complexity index is 1100. The highest BCUT2D eigenvalue weighted by Gasteiger charge is 2.20. The zero-order chi connectivity index (χ0) is 22.0. The van der Waals surface area contributed by atoms with Gasteiger partial charge in [0.05, 0.1) is 29.8 Å². The van der Waals surface area contributed by atoms with Gasteiger partial charge in [-0.05, 0) is 91.9 Å². The van der Waals surface area contributed by atoms with Crippen molar-refractivity contribution in [3.8, 4) is 34.0 Å². The second-order valence-electron chi connectivity index (χ2n) is 9.15. The molecule has 33 heavy (non-hydrogen) atoms. The SMILES string of the molecule is c1cc(-c2cnc(C3CCCC3)[nH]2)ccc1Oc1ccc(-c2cnc([C@@H]3CCCN3)[nH]2)cc1. The van der Waals surface area contributed by atoms with Crippen LogP contribution in [0.25, 0.3) is 22.5 Å². The van der Waals surface area contributed by atoms with Crippen molar-refractivity contribution in [1.29, 1.82) is 0 Å². The van der Waals surface area contributed by atoms with E-state index in [0.717, 1.165) is 58.6 Å². The number of rotatable bonds is 6. The van der Waals surface area contributed by atoms with Gasteiger partial charge in [-0.15, -0.1) is 0 Å². The maximum atomic E-state index is 6.07. The number of hydrogen-bond acceptors (Lipinski definition) is 4. The molecule has 168 valence electrons. The van der Waals surface area contributed by atoms with Crippen molar-refractivity contribution < 1.29 is 4.74 Å². The zero-order valence-corrected chi connectivity index (χ0v) is 18.7. The average molecular weight is 440 g/mol. The van der Waals surface area contributed by atoms with Crippen LogP contribution in [-0.4, -0.2) is 26.5 Å². The van der Waals surface area contributed by atoms with Gasteiger partial charge in [-0.2, -0.15) is 0 Å². The fourth-order valence-electron chi connectivity index (χ4n) is 5.01. The monoisotopic (exact) mass is 439 g/mol. The van der Waals surface area contributed by atoms with Crippen molar-refractivity contribution in [2.24, 2.45) is 0 Å². The van der Waals surface area contributed by atoms with E-state index in [4.69, 9.17) is 4.74 Å². The molecule has 3 heterocycles. The Hall–Kier alpha value is -3.38. The van der Waals surface area contributed by atoms with Gasteiger partial charge in [-0.25, -0.2) is 9.97 Å². The Kier molecular flexibility index (Phi) is 5.44. The maximum Gasteiger partial charge on any atom is 0.127 e. The first kappa shape index (κ1) is 20.2. The molecule has 2 fully saturated rings. The lowest BCUT2D eigenvalue weighted by Crippen LogP contribution is -2.14. The van der Waals surface area contributed by atoms with Crippen LogP contribution >= 0.6 is 0 Å². The minimum atomic E-state index is 0.348. The predicted octanol–water partition coefficient (Wildman–Crippen LogP) is 6.34. The summed E-state index contributed by atoms with van der Waals surface area (Å²) in [6.07, 6.45) is 11.3. The smallest absolute Gasteiger partial charge is 0.127 e. The highest BCUT2D eigenvalue weighted by atomic mass is 16.5. The van der Waals surface area contributed by atoms with E-state index >= 15 is 0 Å². The summed E-state index contributed by atoms with van der Waals surface area (Å²) < 4.78 is 6.07. The lowest BCUT2D eigenvalue weighted by Gasteiger charge is -2.08. The highest BCUT2D eigenvalue weighted by molar-refractivity contribution is 5.61. The second kappa shape index (κ2) is 8.87. The molecule has 3 N–H and O–H groups in total. The second-order valence-corrected chi connectivity index (χ2v) is 9.15. The van der Waals surface area contributed by atoms with Crippen LogP contribution in [0.4, 0.5) is 0 Å². The molecule has 0 unspecified atom stereocenters. The van der Waals surface area contributed by atoms with E-state index in [0.29, 0.717) is 12.0 Å². The molecule has 1 aliphatic heterocycles. The third-order valence-electron chi connectivity index (χ3n) is 6.89. The number of benzene rings is 2. The highest BCUT2D eigenvalue weighted by Crippen LogP contribution is 2.34. The number of H-pyrrole nitrogens is 2. The topological polar surface area (TPSA) is 78.6 Å². The fraction of sp³-hybridized carbons (Fsp3) is 0.333. The zero-order valence-electron chi connectivity index (χ0n) is 18.7. The molecule has 2 aromatic carbocycles. The molecular formula is C27H29N5O. The lowest BCUT2D eigenvalue weighted by atomic mass is 10.1. The van der Waals surface area contributed by atoms with Crippen molar-refractivity contribution in [1.82, 2.24) is 25.3 Å². The molecule has 2 aromatic heterocycles. The molecular weight excluding hydrogens is 410 g/mol. The Morgan fingerprint density at radius 2 is 1.24 bits per heavy atom. The van der Waals surface area contributed by atoms with Gasteiger partial charge in [0.25, 0.3) is 0 Å². The Balaban J connectivity index is 1.11. The van der Waals surface area contributed by atoms with Crippen LogP contribution in [0.1, 0.15) is 62.1 Å². The number of nitrogens with one attached hydrogen (secondary N) is 3. The van der Waals surface area contributed by atoms with Crippen molar-refractivity contribution in [2.45, 2.75) is 50.5 Å². The summed E-state index contributed by atoms with van der Waals surface area (Å²) in [6.45, 7) is 1.07. The standard InChI is InChI=1S/C27H29N5O/c1-2-5-20(4-1)26-29-16-24(31-26)18-7-11-21(12-8-18)33-22-13-9-19(10-14-22)25-17-30-27(32-25)23-6-3-15-28-23/h7-14,16-17,20,23,28H,1-6,15H2,(H,29,31)(H,30,32)/t23-/m0/s1. The van der Waals surface area contributed by atoms with Crippen LogP contribution < -0.4 is 10.1 Å². The summed E-state index contributed by atoms with van der Waals surface area (Å²) in [7, 11) is 0. The summed E-state index contributed by atoms with van der Waals surface area (Å²) in [5.41, 5.74) is 4.33. The molecule has 6 heteroatoms. The summed E-state index contributed by atoms with van der Waals surface area (Å²) in [6, 6.07) is 16.7. The molecule has 1 saturated heterocycles. The van der Waals surface area contributed by atoms with E-state index in [2.05, 4.69) is 49.5 Å². The van der Waals surface area contributed by atoms with Crippen LogP contribution in [0.3, 0.4) is 0 Å². The van der Waals surface area contributed by atoms with E-state index in [1.165, 1.54) is 32.1 Å². The Labute approximate surface area is 193 Å². The van der Waals surface area contributed by atoms with Crippen molar-refractivity contribution in [3.05, 3.63) is 72.6 Å². The lowest BCUT2D eigenvalue weighted by molar-refractivity contribution is 0.483. The normalized spacial score (nSPS) is 18.7. The summed E-state index contributed by atoms with van der Waals surface area (Å²) in [4.78, 5) is 16.2. The first-order valence-electron chi connectivity index (χ1n) is 12.0. The third kappa shape index (κ3) is 4.31. The van der Waals surface area contributed by atoms with Gasteiger partial charge in [0.15, 0.2) is 0 Å². The molecule has 1 atom stereocenters. The quantitative estimate of drug-likeness (QED) is 0.327. The van der Waals surface area contributed by atoms with Gasteiger partial charge in [-0.1, -0.05) is 12.8 Å². The minimum Gasteiger partial charge on any atom is -0.457 e. The van der Waals surface area contributed by atoms with Gasteiger partial charge >= 0.3 is 0 Å². The van der Waals surface area contributed by atoms with E-state index in [1.54, 1.807) is 0 Å². The molecule has 1 saturated carbocycles. The molecule has 6 rings (SSSR count). The maximum absolute atomic E-state index is 6.07. The van der Waals surface area contributed by atoms with Crippen LogP contribution in [0, 0.1) is 0 Å². The summed E-state index contributed by atoms with van der Waals surface area (Å²) >= 11 is 0. The van der Waals surface area contributed by atoms with Gasteiger partial charge in [0.1, 0.15) is 23.1 Å². The summed E-state index contributed by atoms with van der Waals surface area (Å²) in [5, 5.41) is 3.48. The van der Waals surface area contributed by atoms with Crippen molar-refractivity contribution in [3.63, 3.8) is 0 Å². The van der Waals surface area contributed by atoms with Crippen LogP contribution in [0.15, 0.2) is 60.9 Å². The number of imidazole rings is 2. The fourth-order valence-corrected chi connectivity index (χ4v) is 5.01. The predicted molar refractivity (Wildman–Crippen MR) is 129 cm³/mol. The number of ether oxygens (including phenoxy) is 1. The summed E-state index contributed by atoms with van der Waals surface area (Å²) in [5.74, 6) is 4.38. The Morgan fingerprint density at radius 3 is 1.82 bits per heavy atom. The largest absolute Gasteiger partial charge is 0.457 e. The molecule has 2 aliphatic rings. The van der Waals surface area contributed by atoms with Gasteiger partial charge in [0, 0.05) is 5.92 Å². The average Bonchev–Trinajstić information content (AvgIpc) is 3.66. The molecule has 0 spiro atoms. The molecule has 1 aliphatic carbocycles. The van der Waals surface area contributed by atoms with Gasteiger partial charge in [-0.3, -0.25) is 0 Å². The Morgan fingerprint density at radius 1 is 0.667 bits per heavy atom. The van der Waals surface area contributed by atoms with Crippen molar-refractivity contribution >= 4 is 0 Å². The van der Waals surface area contributed by atoms with Gasteiger partial charge in [0.2, 0.25) is 0 Å². The van der Waals surface area contributed by atoms with Crippen LogP contribution in [-0.2, 0) is 0 Å². The van der Waals surface area contributed by atoms with E-state index in [1.807, 2.05) is 36.7 Å². The molecule has 6 nitrogen and oxygen atoms in total. The molecule has 0 amide bonds. The van der Waals surface area contributed by atoms with Crippen LogP contribution in [0.5, 0.6) is 11.5 Å². The van der Waals surface area contributed by atoms with Crippen LogP contribution in [0.2, 0.25) is 0 Å². The first-order chi connectivity index (χ1) is 16.3. The van der Waals surface area contributed by atoms with Crippen molar-refractivity contribution in [2.75, 3.05) is 6.54 Å². The first-order valence-corrected chi connectivity index (χ1v) is 12.0. The number of nitrogens with zero attached hydrogens (tertiary/aromatic N) is 2. The molecule has 0 radical (unpaired) electrons. The van der Waals surface area contributed by atoms with E-state index < -0.39 is 0 Å².